The monoisotopic (exact) mass is 531 g/mol. The number of esters is 1. The van der Waals surface area contributed by atoms with Gasteiger partial charge < -0.3 is 14.4 Å². The number of nitrogens with zero attached hydrogens (tertiary/aromatic N) is 1. The molecule has 0 aliphatic carbocycles. The van der Waals surface area contributed by atoms with Crippen LogP contribution in [0.15, 0.2) is 84.9 Å². The van der Waals surface area contributed by atoms with Crippen LogP contribution < -0.4 is 9.64 Å². The summed E-state index contributed by atoms with van der Waals surface area (Å²) >= 11 is 0. The van der Waals surface area contributed by atoms with Gasteiger partial charge in [0.05, 0.1) is 5.56 Å². The van der Waals surface area contributed by atoms with Crippen molar-refractivity contribution in [3.63, 3.8) is 0 Å². The third-order valence-corrected chi connectivity index (χ3v) is 8.32. The molecule has 4 aromatic carbocycles. The first-order valence-electron chi connectivity index (χ1n) is 14.6. The summed E-state index contributed by atoms with van der Waals surface area (Å²) in [6.07, 6.45) is 5.38. The van der Waals surface area contributed by atoms with Gasteiger partial charge in [-0.2, -0.15) is 0 Å². The van der Waals surface area contributed by atoms with E-state index in [2.05, 4.69) is 80.3 Å². The Morgan fingerprint density at radius 2 is 1.45 bits per heavy atom. The summed E-state index contributed by atoms with van der Waals surface area (Å²) < 4.78 is 13.1. The van der Waals surface area contributed by atoms with Crippen LogP contribution in [0.25, 0.3) is 0 Å². The Bertz CT molecular complexity index is 1540. The number of rotatable bonds is 9. The molecule has 0 radical (unpaired) electrons. The molecule has 1 spiro atoms. The van der Waals surface area contributed by atoms with E-state index in [0.717, 1.165) is 84.6 Å². The molecule has 1 atom stereocenters. The lowest BCUT2D eigenvalue weighted by atomic mass is 9.76. The average molecular weight is 532 g/mol. The molecule has 6 rings (SSSR count). The quantitative estimate of drug-likeness (QED) is 0.203. The number of hydrogen-bond donors (Lipinski definition) is 0. The first-order chi connectivity index (χ1) is 19.5. The first kappa shape index (κ1) is 26.2. The molecule has 0 N–H and O–H groups in total. The molecule has 0 fully saturated rings. The maximum atomic E-state index is 13.3. The standard InChI is InChI=1S/C36H37NO3/c1-4-6-19-37(20-7-5-2)28-17-18-31-34(24-28)39-33-21-25(3)27(22-26-13-9-8-10-14-26)23-32(33)36(31)30-16-12-11-15-29(30)35(38)40-36/h8-18,21,23-24H,4-7,19-20,22H2,1-3H3. The lowest BCUT2D eigenvalue weighted by Crippen LogP contribution is -2.33. The van der Waals surface area contributed by atoms with Crippen molar-refractivity contribution in [3.8, 4) is 11.5 Å². The number of unbranched alkanes of at least 4 members (excludes halogenated alkanes) is 2. The minimum absolute atomic E-state index is 0.295. The molecule has 1 unspecified atom stereocenters. The predicted molar refractivity (Wildman–Crippen MR) is 161 cm³/mol. The SMILES string of the molecule is CCCCN(CCCC)c1ccc2c(c1)Oc1cc(C)c(Cc3ccccc3)cc1C21OC(=O)c2ccccc21. The lowest BCUT2D eigenvalue weighted by molar-refractivity contribution is 0.0224. The van der Waals surface area contributed by atoms with Gasteiger partial charge >= 0.3 is 5.97 Å². The number of benzene rings is 4. The number of carbonyl (C=O) groups excluding carboxylic acids is 1. The summed E-state index contributed by atoms with van der Waals surface area (Å²) in [6.45, 7) is 8.61. The largest absolute Gasteiger partial charge is 0.456 e. The highest BCUT2D eigenvalue weighted by Gasteiger charge is 2.53. The Morgan fingerprint density at radius 1 is 0.750 bits per heavy atom. The Kier molecular flexibility index (Phi) is 7.10. The van der Waals surface area contributed by atoms with Gasteiger partial charge in [0.1, 0.15) is 11.5 Å². The second kappa shape index (κ2) is 10.8. The summed E-state index contributed by atoms with van der Waals surface area (Å²) in [5.41, 5.74) is 6.94. The number of fused-ring (bicyclic) bond motifs is 6. The van der Waals surface area contributed by atoms with E-state index in [-0.39, 0.29) is 5.97 Å². The summed E-state index contributed by atoms with van der Waals surface area (Å²) in [4.78, 5) is 15.8. The van der Waals surface area contributed by atoms with Crippen LogP contribution in [0.4, 0.5) is 5.69 Å². The fraction of sp³-hybridized carbons (Fsp3) is 0.306. The third-order valence-electron chi connectivity index (χ3n) is 8.32. The van der Waals surface area contributed by atoms with E-state index >= 15 is 0 Å². The maximum absolute atomic E-state index is 13.3. The lowest BCUT2D eigenvalue weighted by Gasteiger charge is -2.38. The Hall–Kier alpha value is -4.05. The molecule has 0 bridgehead atoms. The fourth-order valence-electron chi connectivity index (χ4n) is 6.12. The number of anilines is 1. The zero-order chi connectivity index (χ0) is 27.7. The van der Waals surface area contributed by atoms with Gasteiger partial charge in [-0.25, -0.2) is 4.79 Å². The minimum Gasteiger partial charge on any atom is -0.456 e. The highest BCUT2D eigenvalue weighted by molar-refractivity contribution is 5.97. The second-order valence-electron chi connectivity index (χ2n) is 11.0. The van der Waals surface area contributed by atoms with Crippen LogP contribution in [0.2, 0.25) is 0 Å². The van der Waals surface area contributed by atoms with Gasteiger partial charge in [-0.05, 0) is 73.2 Å². The molecule has 4 heteroatoms. The van der Waals surface area contributed by atoms with Gasteiger partial charge in [-0.1, -0.05) is 75.2 Å². The molecular formula is C36H37NO3. The first-order valence-corrected chi connectivity index (χ1v) is 14.6. The summed E-state index contributed by atoms with van der Waals surface area (Å²) in [7, 11) is 0. The smallest absolute Gasteiger partial charge is 0.340 e. The van der Waals surface area contributed by atoms with Crippen molar-refractivity contribution in [1.29, 1.82) is 0 Å². The molecule has 4 nitrogen and oxygen atoms in total. The van der Waals surface area contributed by atoms with Crippen LogP contribution in [0.5, 0.6) is 11.5 Å². The van der Waals surface area contributed by atoms with E-state index in [1.165, 1.54) is 11.1 Å². The maximum Gasteiger partial charge on any atom is 0.340 e. The van der Waals surface area contributed by atoms with Crippen LogP contribution in [0.1, 0.15) is 83.3 Å². The molecule has 0 saturated carbocycles. The molecule has 0 amide bonds. The van der Waals surface area contributed by atoms with Crippen molar-refractivity contribution in [1.82, 2.24) is 0 Å². The molecule has 2 aliphatic rings. The zero-order valence-electron chi connectivity index (χ0n) is 23.7. The molecule has 0 saturated heterocycles. The fourth-order valence-corrected chi connectivity index (χ4v) is 6.12. The molecule has 40 heavy (non-hydrogen) atoms. The van der Waals surface area contributed by atoms with E-state index in [0.29, 0.717) is 5.56 Å². The molecule has 4 aromatic rings. The Morgan fingerprint density at radius 3 is 2.20 bits per heavy atom. The van der Waals surface area contributed by atoms with E-state index in [9.17, 15) is 4.79 Å². The van der Waals surface area contributed by atoms with Crippen molar-refractivity contribution in [2.75, 3.05) is 18.0 Å². The van der Waals surface area contributed by atoms with Crippen molar-refractivity contribution >= 4 is 11.7 Å². The Balaban J connectivity index is 1.51. The third kappa shape index (κ3) is 4.46. The van der Waals surface area contributed by atoms with Crippen LogP contribution in [0.3, 0.4) is 0 Å². The van der Waals surface area contributed by atoms with E-state index in [4.69, 9.17) is 9.47 Å². The summed E-state index contributed by atoms with van der Waals surface area (Å²) in [5.74, 6) is 1.20. The van der Waals surface area contributed by atoms with Crippen LogP contribution in [0, 0.1) is 6.92 Å². The van der Waals surface area contributed by atoms with Gasteiger partial charge in [0.25, 0.3) is 0 Å². The topological polar surface area (TPSA) is 38.8 Å². The molecule has 2 aliphatic heterocycles. The minimum atomic E-state index is -1.05. The molecule has 0 aromatic heterocycles. The summed E-state index contributed by atoms with van der Waals surface area (Å²) in [6, 6.07) is 29.0. The van der Waals surface area contributed by atoms with Crippen LogP contribution in [-0.2, 0) is 16.8 Å². The number of ether oxygens (including phenoxy) is 2. The van der Waals surface area contributed by atoms with Gasteiger partial charge in [0, 0.05) is 41.5 Å². The van der Waals surface area contributed by atoms with Gasteiger partial charge in [0.15, 0.2) is 5.60 Å². The van der Waals surface area contributed by atoms with Crippen molar-refractivity contribution < 1.29 is 14.3 Å². The van der Waals surface area contributed by atoms with E-state index in [1.807, 2.05) is 30.3 Å². The van der Waals surface area contributed by atoms with Gasteiger partial charge in [-0.3, -0.25) is 0 Å². The van der Waals surface area contributed by atoms with Crippen molar-refractivity contribution in [2.24, 2.45) is 0 Å². The van der Waals surface area contributed by atoms with Crippen molar-refractivity contribution in [2.45, 2.75) is 58.5 Å². The average Bonchev–Trinajstić information content (AvgIpc) is 3.27. The number of carbonyl (C=O) groups is 1. The predicted octanol–water partition coefficient (Wildman–Crippen LogP) is 8.56. The van der Waals surface area contributed by atoms with E-state index in [1.54, 1.807) is 0 Å². The summed E-state index contributed by atoms with van der Waals surface area (Å²) in [5, 5.41) is 0. The van der Waals surface area contributed by atoms with Crippen molar-refractivity contribution in [3.05, 3.63) is 124 Å². The number of hydrogen-bond acceptors (Lipinski definition) is 4. The normalized spacial score (nSPS) is 16.6. The molecule has 2 heterocycles. The molecular weight excluding hydrogens is 494 g/mol. The van der Waals surface area contributed by atoms with E-state index < -0.39 is 5.60 Å². The Labute approximate surface area is 237 Å². The highest BCUT2D eigenvalue weighted by atomic mass is 16.6. The number of aryl methyl sites for hydroxylation is 1. The van der Waals surface area contributed by atoms with Gasteiger partial charge in [0.2, 0.25) is 0 Å². The van der Waals surface area contributed by atoms with Gasteiger partial charge in [-0.15, -0.1) is 0 Å². The van der Waals surface area contributed by atoms with Crippen LogP contribution >= 0.6 is 0 Å². The highest BCUT2D eigenvalue weighted by Crippen LogP contribution is 2.57. The zero-order valence-corrected chi connectivity index (χ0v) is 23.7. The molecule has 204 valence electrons. The van der Waals surface area contributed by atoms with Crippen LogP contribution in [-0.4, -0.2) is 19.1 Å². The second-order valence-corrected chi connectivity index (χ2v) is 11.0.